The molecular weight excluding hydrogens is 266 g/mol. The molecule has 2 heterocycles. The normalized spacial score (nSPS) is 12.9. The van der Waals surface area contributed by atoms with Gasteiger partial charge in [0, 0.05) is 12.1 Å². The predicted octanol–water partition coefficient (Wildman–Crippen LogP) is 4.24. The molecule has 3 rings (SSSR count). The first-order valence-corrected chi connectivity index (χ1v) is 7.93. The Hall–Kier alpha value is -1.81. The van der Waals surface area contributed by atoms with Crippen molar-refractivity contribution in [2.75, 3.05) is 5.73 Å². The summed E-state index contributed by atoms with van der Waals surface area (Å²) in [4.78, 5) is 4.78. The summed E-state index contributed by atoms with van der Waals surface area (Å²) in [5, 5.41) is 4.34. The number of aryl methyl sites for hydroxylation is 1. The smallest absolute Gasteiger partial charge is 0.110 e. The van der Waals surface area contributed by atoms with Crippen molar-refractivity contribution in [1.82, 2.24) is 9.55 Å². The third kappa shape index (κ3) is 2.20. The van der Waals surface area contributed by atoms with E-state index in [-0.39, 0.29) is 0 Å². The van der Waals surface area contributed by atoms with Gasteiger partial charge in [-0.3, -0.25) is 0 Å². The molecule has 0 aliphatic carbocycles. The lowest BCUT2D eigenvalue weighted by Crippen LogP contribution is -2.10. The molecule has 4 heteroatoms. The van der Waals surface area contributed by atoms with Crippen LogP contribution < -0.4 is 5.73 Å². The van der Waals surface area contributed by atoms with Gasteiger partial charge >= 0.3 is 0 Å². The topological polar surface area (TPSA) is 43.8 Å². The van der Waals surface area contributed by atoms with Gasteiger partial charge in [-0.2, -0.15) is 11.3 Å². The monoisotopic (exact) mass is 285 g/mol. The molecule has 0 radical (unpaired) electrons. The van der Waals surface area contributed by atoms with Crippen LogP contribution in [0.2, 0.25) is 0 Å². The van der Waals surface area contributed by atoms with Crippen molar-refractivity contribution in [2.45, 2.75) is 32.7 Å². The van der Waals surface area contributed by atoms with Crippen LogP contribution in [-0.2, 0) is 6.42 Å². The van der Waals surface area contributed by atoms with E-state index in [1.54, 1.807) is 11.3 Å². The lowest BCUT2D eigenvalue weighted by molar-refractivity contribution is 0.614. The molecule has 2 N–H and O–H groups in total. The molecule has 3 aromatic rings. The third-order valence-corrected chi connectivity index (χ3v) is 4.37. The van der Waals surface area contributed by atoms with Gasteiger partial charge in [-0.1, -0.05) is 6.92 Å². The van der Waals surface area contributed by atoms with Gasteiger partial charge in [0.1, 0.15) is 5.82 Å². The van der Waals surface area contributed by atoms with E-state index in [4.69, 9.17) is 10.7 Å². The van der Waals surface area contributed by atoms with Crippen molar-refractivity contribution < 1.29 is 0 Å². The van der Waals surface area contributed by atoms with E-state index in [0.29, 0.717) is 6.04 Å². The van der Waals surface area contributed by atoms with E-state index in [1.807, 2.05) is 12.1 Å². The summed E-state index contributed by atoms with van der Waals surface area (Å²) in [5.41, 5.74) is 10.2. The number of thiophene rings is 1. The molecule has 0 amide bonds. The van der Waals surface area contributed by atoms with E-state index < -0.39 is 0 Å². The van der Waals surface area contributed by atoms with Crippen molar-refractivity contribution >= 4 is 28.1 Å². The van der Waals surface area contributed by atoms with E-state index in [2.05, 4.69) is 41.3 Å². The second-order valence-electron chi connectivity index (χ2n) is 5.13. The van der Waals surface area contributed by atoms with Crippen molar-refractivity contribution in [3.8, 4) is 0 Å². The number of nitrogen functional groups attached to an aromatic ring is 1. The highest BCUT2D eigenvalue weighted by atomic mass is 32.1. The Morgan fingerprint density at radius 1 is 1.35 bits per heavy atom. The summed E-state index contributed by atoms with van der Waals surface area (Å²) >= 11 is 1.74. The Morgan fingerprint density at radius 2 is 2.20 bits per heavy atom. The van der Waals surface area contributed by atoms with Crippen LogP contribution in [0, 0.1) is 0 Å². The number of rotatable bonds is 4. The molecule has 0 spiro atoms. The van der Waals surface area contributed by atoms with Crippen molar-refractivity contribution in [3.05, 3.63) is 46.4 Å². The molecular formula is C16H19N3S. The van der Waals surface area contributed by atoms with E-state index in [0.717, 1.165) is 29.9 Å². The van der Waals surface area contributed by atoms with Gasteiger partial charge < -0.3 is 10.3 Å². The molecule has 2 aromatic heterocycles. The first-order chi connectivity index (χ1) is 9.70. The van der Waals surface area contributed by atoms with E-state index in [9.17, 15) is 0 Å². The molecule has 104 valence electrons. The Kier molecular flexibility index (Phi) is 3.49. The number of anilines is 1. The molecule has 0 fully saturated rings. The second-order valence-corrected chi connectivity index (χ2v) is 5.91. The van der Waals surface area contributed by atoms with Gasteiger partial charge in [0.15, 0.2) is 0 Å². The molecule has 1 unspecified atom stereocenters. The molecule has 0 aliphatic heterocycles. The van der Waals surface area contributed by atoms with Crippen LogP contribution in [-0.4, -0.2) is 9.55 Å². The summed E-state index contributed by atoms with van der Waals surface area (Å²) in [7, 11) is 0. The molecule has 20 heavy (non-hydrogen) atoms. The van der Waals surface area contributed by atoms with Crippen LogP contribution in [0.3, 0.4) is 0 Å². The highest BCUT2D eigenvalue weighted by Gasteiger charge is 2.17. The average Bonchev–Trinajstić information content (AvgIpc) is 3.05. The minimum Gasteiger partial charge on any atom is -0.399 e. The number of imidazole rings is 1. The van der Waals surface area contributed by atoms with Crippen LogP contribution in [0.1, 0.15) is 37.7 Å². The summed E-state index contributed by atoms with van der Waals surface area (Å²) in [5.74, 6) is 1.15. The van der Waals surface area contributed by atoms with Crippen LogP contribution in [0.5, 0.6) is 0 Å². The summed E-state index contributed by atoms with van der Waals surface area (Å²) in [6.07, 6.45) is 2.08. The lowest BCUT2D eigenvalue weighted by atomic mass is 10.1. The number of benzene rings is 1. The fraction of sp³-hybridized carbons (Fsp3) is 0.312. The lowest BCUT2D eigenvalue weighted by Gasteiger charge is -2.16. The number of nitrogens with two attached hydrogens (primary N) is 1. The maximum atomic E-state index is 5.88. The fourth-order valence-electron chi connectivity index (χ4n) is 2.66. The zero-order valence-electron chi connectivity index (χ0n) is 11.8. The Balaban J connectivity index is 2.18. The van der Waals surface area contributed by atoms with Gasteiger partial charge in [-0.25, -0.2) is 4.98 Å². The maximum Gasteiger partial charge on any atom is 0.110 e. The fourth-order valence-corrected chi connectivity index (χ4v) is 3.41. The van der Waals surface area contributed by atoms with Crippen LogP contribution in [0.25, 0.3) is 11.0 Å². The molecule has 1 atom stereocenters. The highest BCUT2D eigenvalue weighted by Crippen LogP contribution is 2.28. The third-order valence-electron chi connectivity index (χ3n) is 3.67. The molecule has 0 bridgehead atoms. The molecule has 1 aromatic carbocycles. The Morgan fingerprint density at radius 3 is 2.90 bits per heavy atom. The zero-order valence-corrected chi connectivity index (χ0v) is 12.7. The molecule has 3 nitrogen and oxygen atoms in total. The predicted molar refractivity (Wildman–Crippen MR) is 86.3 cm³/mol. The molecule has 0 saturated heterocycles. The first kappa shape index (κ1) is 13.2. The van der Waals surface area contributed by atoms with E-state index >= 15 is 0 Å². The molecule has 0 saturated carbocycles. The van der Waals surface area contributed by atoms with Crippen LogP contribution in [0.15, 0.2) is 35.0 Å². The standard InChI is InChI=1S/C16H19N3S/c1-3-4-16-18-14-9-13(17)5-6-15(14)19(16)11(2)12-7-8-20-10-12/h5-11H,3-4,17H2,1-2H3. The minimum absolute atomic E-state index is 0.302. The van der Waals surface area contributed by atoms with Gasteiger partial charge in [-0.15, -0.1) is 0 Å². The zero-order chi connectivity index (χ0) is 14.1. The van der Waals surface area contributed by atoms with Crippen LogP contribution in [0.4, 0.5) is 5.69 Å². The summed E-state index contributed by atoms with van der Waals surface area (Å²) < 4.78 is 2.35. The van der Waals surface area contributed by atoms with Gasteiger partial charge in [0.05, 0.1) is 17.1 Å². The number of aromatic nitrogens is 2. The van der Waals surface area contributed by atoms with Crippen molar-refractivity contribution in [2.24, 2.45) is 0 Å². The molecule has 0 aliphatic rings. The second kappa shape index (κ2) is 5.29. The highest BCUT2D eigenvalue weighted by molar-refractivity contribution is 7.07. The quantitative estimate of drug-likeness (QED) is 0.729. The van der Waals surface area contributed by atoms with Gasteiger partial charge in [0.2, 0.25) is 0 Å². The number of fused-ring (bicyclic) bond motifs is 1. The SMILES string of the molecule is CCCc1nc2cc(N)ccc2n1C(C)c1ccsc1. The largest absolute Gasteiger partial charge is 0.399 e. The Bertz CT molecular complexity index is 713. The number of hydrogen-bond donors (Lipinski definition) is 1. The van der Waals surface area contributed by atoms with Gasteiger partial charge in [-0.05, 0) is 53.9 Å². The van der Waals surface area contributed by atoms with Crippen LogP contribution >= 0.6 is 11.3 Å². The maximum absolute atomic E-state index is 5.88. The van der Waals surface area contributed by atoms with Crippen molar-refractivity contribution in [3.63, 3.8) is 0 Å². The summed E-state index contributed by atoms with van der Waals surface area (Å²) in [6.45, 7) is 4.42. The summed E-state index contributed by atoms with van der Waals surface area (Å²) in [6, 6.07) is 8.49. The number of nitrogens with zero attached hydrogens (tertiary/aromatic N) is 2. The Labute approximate surface area is 123 Å². The van der Waals surface area contributed by atoms with Crippen molar-refractivity contribution in [1.29, 1.82) is 0 Å². The minimum atomic E-state index is 0.302. The first-order valence-electron chi connectivity index (χ1n) is 6.99. The number of hydrogen-bond acceptors (Lipinski definition) is 3. The van der Waals surface area contributed by atoms with Gasteiger partial charge in [0.25, 0.3) is 0 Å². The average molecular weight is 285 g/mol. The van der Waals surface area contributed by atoms with E-state index in [1.165, 1.54) is 11.1 Å².